The number of anilines is 1. The predicted octanol–water partition coefficient (Wildman–Crippen LogP) is 3.66. The van der Waals surface area contributed by atoms with Gasteiger partial charge in [0, 0.05) is 37.9 Å². The van der Waals surface area contributed by atoms with E-state index in [-0.39, 0.29) is 0 Å². The van der Waals surface area contributed by atoms with Crippen molar-refractivity contribution in [2.24, 2.45) is 0 Å². The van der Waals surface area contributed by atoms with Gasteiger partial charge in [0.2, 0.25) is 0 Å². The monoisotopic (exact) mass is 305 g/mol. The highest BCUT2D eigenvalue weighted by Gasteiger charge is 2.21. The van der Waals surface area contributed by atoms with Crippen LogP contribution in [0, 0.1) is 11.3 Å². The Balaban J connectivity index is 1.68. The Morgan fingerprint density at radius 3 is 2.48 bits per heavy atom. The highest BCUT2D eigenvalue weighted by Crippen LogP contribution is 2.21. The molecule has 0 aromatic heterocycles. The molecule has 0 spiro atoms. The van der Waals surface area contributed by atoms with Crippen LogP contribution < -0.4 is 4.90 Å². The van der Waals surface area contributed by atoms with Gasteiger partial charge < -0.3 is 4.90 Å². The number of nitrogens with zero attached hydrogens (tertiary/aromatic N) is 3. The molecule has 1 aliphatic heterocycles. The van der Waals surface area contributed by atoms with Crippen molar-refractivity contribution < 1.29 is 0 Å². The lowest BCUT2D eigenvalue weighted by molar-refractivity contribution is 0.268. The van der Waals surface area contributed by atoms with Crippen LogP contribution in [0.3, 0.4) is 0 Å². The first-order valence-corrected chi connectivity index (χ1v) is 8.29. The first-order chi connectivity index (χ1) is 11.3. The maximum atomic E-state index is 8.94. The third-order valence-corrected chi connectivity index (χ3v) is 4.50. The Labute approximate surface area is 138 Å². The highest BCUT2D eigenvalue weighted by molar-refractivity contribution is 5.50. The molecule has 3 nitrogen and oxygen atoms in total. The molecule has 1 aliphatic rings. The van der Waals surface area contributed by atoms with Crippen molar-refractivity contribution in [1.29, 1.82) is 5.26 Å². The number of hydrogen-bond acceptors (Lipinski definition) is 3. The van der Waals surface area contributed by atoms with E-state index in [1.54, 1.807) is 0 Å². The lowest BCUT2D eigenvalue weighted by Crippen LogP contribution is -2.38. The van der Waals surface area contributed by atoms with E-state index in [1.807, 2.05) is 12.1 Å². The van der Waals surface area contributed by atoms with Gasteiger partial charge in [-0.3, -0.25) is 4.90 Å². The zero-order valence-corrected chi connectivity index (χ0v) is 13.7. The summed E-state index contributed by atoms with van der Waals surface area (Å²) in [5.74, 6) is 0. The van der Waals surface area contributed by atoms with Gasteiger partial charge in [0.1, 0.15) is 0 Å². The maximum Gasteiger partial charge on any atom is 0.0991 e. The van der Waals surface area contributed by atoms with Gasteiger partial charge in [0.15, 0.2) is 0 Å². The van der Waals surface area contributed by atoms with E-state index in [1.165, 1.54) is 11.3 Å². The summed E-state index contributed by atoms with van der Waals surface area (Å²) in [4.78, 5) is 5.01. The Bertz CT molecular complexity index is 658. The molecule has 0 N–H and O–H groups in total. The number of nitriles is 1. The summed E-state index contributed by atoms with van der Waals surface area (Å²) < 4.78 is 0. The molecule has 2 aromatic carbocycles. The summed E-state index contributed by atoms with van der Waals surface area (Å²) in [6.45, 7) is 6.58. The first kappa shape index (κ1) is 15.6. The van der Waals surface area contributed by atoms with E-state index >= 15 is 0 Å². The lowest BCUT2D eigenvalue weighted by Gasteiger charge is -2.31. The predicted molar refractivity (Wildman–Crippen MR) is 94.3 cm³/mol. The zero-order chi connectivity index (χ0) is 16.1. The van der Waals surface area contributed by atoms with Crippen molar-refractivity contribution in [3.05, 3.63) is 65.7 Å². The van der Waals surface area contributed by atoms with Crippen molar-refractivity contribution in [3.63, 3.8) is 0 Å². The van der Waals surface area contributed by atoms with Crippen molar-refractivity contribution in [1.82, 2.24) is 4.90 Å². The maximum absolute atomic E-state index is 8.94. The summed E-state index contributed by atoms with van der Waals surface area (Å²) in [6.07, 6.45) is 1.16. The van der Waals surface area contributed by atoms with Crippen LogP contribution in [-0.4, -0.2) is 30.6 Å². The van der Waals surface area contributed by atoms with Gasteiger partial charge in [-0.25, -0.2) is 0 Å². The molecule has 2 aromatic rings. The summed E-state index contributed by atoms with van der Waals surface area (Å²) >= 11 is 0. The van der Waals surface area contributed by atoms with E-state index in [0.717, 1.165) is 38.2 Å². The molecule has 3 rings (SSSR count). The smallest absolute Gasteiger partial charge is 0.0991 e. The fourth-order valence-electron chi connectivity index (χ4n) is 3.34. The molecular formula is C20H23N3. The van der Waals surface area contributed by atoms with E-state index in [9.17, 15) is 0 Å². The van der Waals surface area contributed by atoms with Crippen LogP contribution in [0.15, 0.2) is 54.6 Å². The second kappa shape index (κ2) is 7.30. The SMILES string of the molecule is CC1CN(Cc2ccccc2)CCCN1c1ccc(C#N)cc1. The Morgan fingerprint density at radius 2 is 1.78 bits per heavy atom. The van der Waals surface area contributed by atoms with Crippen LogP contribution in [0.5, 0.6) is 0 Å². The molecule has 1 unspecified atom stereocenters. The minimum absolute atomic E-state index is 0.467. The normalized spacial score (nSPS) is 19.1. The van der Waals surface area contributed by atoms with Crippen LogP contribution in [0.4, 0.5) is 5.69 Å². The highest BCUT2D eigenvalue weighted by atomic mass is 15.2. The van der Waals surface area contributed by atoms with Crippen molar-refractivity contribution in [2.45, 2.75) is 25.9 Å². The summed E-state index contributed by atoms with van der Waals surface area (Å²) in [5.41, 5.74) is 3.33. The molecule has 23 heavy (non-hydrogen) atoms. The second-order valence-electron chi connectivity index (χ2n) is 6.28. The molecule has 0 amide bonds. The standard InChI is InChI=1S/C20H23N3/c1-17-15-22(16-19-6-3-2-4-7-19)12-5-13-23(17)20-10-8-18(14-21)9-11-20/h2-4,6-11,17H,5,12-13,15-16H2,1H3. The molecular weight excluding hydrogens is 282 g/mol. The van der Waals surface area contributed by atoms with Gasteiger partial charge in [-0.05, 0) is 43.2 Å². The first-order valence-electron chi connectivity index (χ1n) is 8.29. The minimum atomic E-state index is 0.467. The van der Waals surface area contributed by atoms with Crippen molar-refractivity contribution >= 4 is 5.69 Å². The summed E-state index contributed by atoms with van der Waals surface area (Å²) in [7, 11) is 0. The molecule has 0 bridgehead atoms. The Hall–Kier alpha value is -2.31. The van der Waals surface area contributed by atoms with Crippen LogP contribution in [0.2, 0.25) is 0 Å². The van der Waals surface area contributed by atoms with E-state index < -0.39 is 0 Å². The van der Waals surface area contributed by atoms with E-state index in [0.29, 0.717) is 6.04 Å². The van der Waals surface area contributed by atoms with Gasteiger partial charge >= 0.3 is 0 Å². The zero-order valence-electron chi connectivity index (χ0n) is 13.7. The molecule has 1 saturated heterocycles. The summed E-state index contributed by atoms with van der Waals surface area (Å²) in [5, 5.41) is 8.94. The third kappa shape index (κ3) is 3.91. The van der Waals surface area contributed by atoms with Crippen molar-refractivity contribution in [3.8, 4) is 6.07 Å². The molecule has 0 saturated carbocycles. The molecule has 118 valence electrons. The van der Waals surface area contributed by atoms with Gasteiger partial charge in [-0.15, -0.1) is 0 Å². The third-order valence-electron chi connectivity index (χ3n) is 4.50. The van der Waals surface area contributed by atoms with Gasteiger partial charge in [0.05, 0.1) is 11.6 Å². The van der Waals surface area contributed by atoms with Crippen LogP contribution in [-0.2, 0) is 6.54 Å². The molecule has 3 heteroatoms. The van der Waals surface area contributed by atoms with Gasteiger partial charge in [0.25, 0.3) is 0 Å². The Kier molecular flexibility index (Phi) is 4.95. The topological polar surface area (TPSA) is 30.3 Å². The average molecular weight is 305 g/mol. The molecule has 0 aliphatic carbocycles. The van der Waals surface area contributed by atoms with Crippen LogP contribution in [0.25, 0.3) is 0 Å². The number of benzene rings is 2. The lowest BCUT2D eigenvalue weighted by atomic mass is 10.1. The van der Waals surface area contributed by atoms with Gasteiger partial charge in [-0.1, -0.05) is 30.3 Å². The van der Waals surface area contributed by atoms with E-state index in [2.05, 4.69) is 65.3 Å². The Morgan fingerprint density at radius 1 is 1.04 bits per heavy atom. The molecule has 1 atom stereocenters. The fourth-order valence-corrected chi connectivity index (χ4v) is 3.34. The van der Waals surface area contributed by atoms with Crippen LogP contribution in [0.1, 0.15) is 24.5 Å². The minimum Gasteiger partial charge on any atom is -0.367 e. The van der Waals surface area contributed by atoms with Gasteiger partial charge in [-0.2, -0.15) is 5.26 Å². The van der Waals surface area contributed by atoms with Crippen LogP contribution >= 0.6 is 0 Å². The van der Waals surface area contributed by atoms with E-state index in [4.69, 9.17) is 5.26 Å². The number of hydrogen-bond donors (Lipinski definition) is 0. The molecule has 1 fully saturated rings. The quantitative estimate of drug-likeness (QED) is 0.867. The fraction of sp³-hybridized carbons (Fsp3) is 0.350. The molecule has 1 heterocycles. The summed E-state index contributed by atoms with van der Waals surface area (Å²) in [6, 6.07) is 21.3. The second-order valence-corrected chi connectivity index (χ2v) is 6.28. The van der Waals surface area contributed by atoms with Crippen molar-refractivity contribution in [2.75, 3.05) is 24.5 Å². The largest absolute Gasteiger partial charge is 0.367 e. The average Bonchev–Trinajstić information content (AvgIpc) is 2.77. The number of rotatable bonds is 3. The molecule has 0 radical (unpaired) electrons.